The largest absolute Gasteiger partial charge is 0.350 e. The first-order valence-corrected chi connectivity index (χ1v) is 4.73. The van der Waals surface area contributed by atoms with Crippen molar-refractivity contribution in [1.82, 2.24) is 5.43 Å². The lowest BCUT2D eigenvalue weighted by atomic mass is 10.2. The zero-order chi connectivity index (χ0) is 10.6. The molecule has 0 saturated carbocycles. The number of hydrogen-bond donors (Lipinski definition) is 2. The maximum Gasteiger partial charge on any atom is 0.332 e. The molecular weight excluding hydrogens is 246 g/mol. The summed E-state index contributed by atoms with van der Waals surface area (Å²) >= 11 is 3.39. The van der Waals surface area contributed by atoms with E-state index in [1.807, 2.05) is 25.1 Å². The summed E-state index contributed by atoms with van der Waals surface area (Å²) in [4.78, 5) is 10.3. The fourth-order valence-electron chi connectivity index (χ4n) is 0.860. The van der Waals surface area contributed by atoms with E-state index in [1.54, 1.807) is 0 Å². The number of urea groups is 1. The number of halogens is 1. The third-order valence-electron chi connectivity index (χ3n) is 1.58. The zero-order valence-electron chi connectivity index (χ0n) is 7.62. The molecule has 0 radical (unpaired) electrons. The molecule has 0 heterocycles. The van der Waals surface area contributed by atoms with Crippen LogP contribution in [0.5, 0.6) is 0 Å². The highest BCUT2D eigenvalue weighted by atomic mass is 79.9. The number of nitrogens with one attached hydrogen (secondary N) is 1. The Balaban J connectivity index is 2.73. The van der Waals surface area contributed by atoms with Crippen molar-refractivity contribution in [2.24, 2.45) is 10.8 Å². The van der Waals surface area contributed by atoms with Crippen LogP contribution >= 0.6 is 15.9 Å². The molecule has 2 amide bonds. The zero-order valence-corrected chi connectivity index (χ0v) is 9.21. The van der Waals surface area contributed by atoms with Crippen molar-refractivity contribution in [3.63, 3.8) is 0 Å². The first kappa shape index (κ1) is 10.7. The number of nitrogens with two attached hydrogens (primary N) is 1. The molecule has 0 fully saturated rings. The minimum Gasteiger partial charge on any atom is -0.350 e. The standard InChI is InChI=1S/C9H10BrN3O/c1-6-2-3-7(4-8(6)10)5-12-13-9(11)14/h2-5H,1H3,(H3,11,13,14). The maximum atomic E-state index is 10.3. The Labute approximate surface area is 90.3 Å². The van der Waals surface area contributed by atoms with Crippen LogP contribution in [0.2, 0.25) is 0 Å². The second kappa shape index (κ2) is 4.76. The summed E-state index contributed by atoms with van der Waals surface area (Å²) < 4.78 is 1.00. The number of primary amides is 1. The number of hydrazone groups is 1. The first-order chi connectivity index (χ1) is 6.59. The lowest BCUT2D eigenvalue weighted by Crippen LogP contribution is -2.24. The molecule has 1 aromatic carbocycles. The number of hydrogen-bond acceptors (Lipinski definition) is 2. The van der Waals surface area contributed by atoms with Gasteiger partial charge < -0.3 is 5.73 Å². The van der Waals surface area contributed by atoms with Crippen molar-refractivity contribution in [2.75, 3.05) is 0 Å². The molecule has 1 rings (SSSR count). The van der Waals surface area contributed by atoms with Crippen LogP contribution < -0.4 is 11.2 Å². The summed E-state index contributed by atoms with van der Waals surface area (Å²) in [6, 6.07) is 5.08. The van der Waals surface area contributed by atoms with E-state index in [9.17, 15) is 4.79 Å². The molecule has 0 bridgehead atoms. The lowest BCUT2D eigenvalue weighted by Gasteiger charge is -1.98. The summed E-state index contributed by atoms with van der Waals surface area (Å²) in [5.41, 5.74) is 8.99. The third kappa shape index (κ3) is 3.18. The van der Waals surface area contributed by atoms with Gasteiger partial charge in [-0.2, -0.15) is 5.10 Å². The van der Waals surface area contributed by atoms with E-state index >= 15 is 0 Å². The van der Waals surface area contributed by atoms with Gasteiger partial charge >= 0.3 is 6.03 Å². The van der Waals surface area contributed by atoms with Gasteiger partial charge in [0.15, 0.2) is 0 Å². The minimum atomic E-state index is -0.674. The van der Waals surface area contributed by atoms with E-state index in [0.717, 1.165) is 15.6 Å². The molecule has 0 aromatic heterocycles. The third-order valence-corrected chi connectivity index (χ3v) is 2.44. The molecule has 1 aromatic rings. The first-order valence-electron chi connectivity index (χ1n) is 3.94. The second-order valence-corrected chi connectivity index (χ2v) is 3.60. The SMILES string of the molecule is Cc1ccc(C=NNC(N)=O)cc1Br. The number of nitrogens with zero attached hydrogens (tertiary/aromatic N) is 1. The van der Waals surface area contributed by atoms with E-state index in [2.05, 4.69) is 26.5 Å². The molecule has 0 atom stereocenters. The van der Waals surface area contributed by atoms with Gasteiger partial charge in [0.2, 0.25) is 0 Å². The quantitative estimate of drug-likeness (QED) is 0.614. The molecule has 0 spiro atoms. The van der Waals surface area contributed by atoms with Crippen LogP contribution in [0.15, 0.2) is 27.8 Å². The van der Waals surface area contributed by atoms with E-state index < -0.39 is 6.03 Å². The van der Waals surface area contributed by atoms with Gasteiger partial charge in [0.05, 0.1) is 6.21 Å². The van der Waals surface area contributed by atoms with E-state index in [1.165, 1.54) is 6.21 Å². The Morgan fingerprint density at radius 1 is 1.64 bits per heavy atom. The van der Waals surface area contributed by atoms with Crippen LogP contribution in [-0.4, -0.2) is 12.2 Å². The molecule has 0 aliphatic heterocycles. The number of rotatable bonds is 2. The maximum absolute atomic E-state index is 10.3. The Kier molecular flexibility index (Phi) is 3.64. The van der Waals surface area contributed by atoms with Crippen LogP contribution in [0.1, 0.15) is 11.1 Å². The van der Waals surface area contributed by atoms with Crippen LogP contribution in [0.4, 0.5) is 4.79 Å². The van der Waals surface area contributed by atoms with Gasteiger partial charge in [-0.25, -0.2) is 10.2 Å². The monoisotopic (exact) mass is 255 g/mol. The van der Waals surface area contributed by atoms with Crippen LogP contribution in [0.3, 0.4) is 0 Å². The Hall–Kier alpha value is -1.36. The van der Waals surface area contributed by atoms with Gasteiger partial charge in [0, 0.05) is 4.47 Å². The van der Waals surface area contributed by atoms with Crippen molar-refractivity contribution in [3.8, 4) is 0 Å². The second-order valence-electron chi connectivity index (χ2n) is 2.74. The summed E-state index contributed by atoms with van der Waals surface area (Å²) in [7, 11) is 0. The van der Waals surface area contributed by atoms with Crippen LogP contribution in [0.25, 0.3) is 0 Å². The van der Waals surface area contributed by atoms with Gasteiger partial charge in [-0.1, -0.05) is 28.1 Å². The number of aryl methyl sites for hydroxylation is 1. The molecular formula is C9H10BrN3O. The molecule has 14 heavy (non-hydrogen) atoms. The number of amides is 2. The van der Waals surface area contributed by atoms with Crippen molar-refractivity contribution >= 4 is 28.2 Å². The highest BCUT2D eigenvalue weighted by Gasteiger charge is 1.94. The van der Waals surface area contributed by atoms with Gasteiger partial charge in [-0.3, -0.25) is 0 Å². The fourth-order valence-corrected chi connectivity index (χ4v) is 1.26. The van der Waals surface area contributed by atoms with E-state index in [0.29, 0.717) is 0 Å². The lowest BCUT2D eigenvalue weighted by molar-refractivity contribution is 0.249. The molecule has 3 N–H and O–H groups in total. The summed E-state index contributed by atoms with van der Waals surface area (Å²) in [5.74, 6) is 0. The van der Waals surface area contributed by atoms with Gasteiger partial charge in [-0.05, 0) is 24.1 Å². The molecule has 74 valence electrons. The highest BCUT2D eigenvalue weighted by Crippen LogP contribution is 2.16. The predicted octanol–water partition coefficient (Wildman–Crippen LogP) is 1.76. The van der Waals surface area contributed by atoms with Crippen LogP contribution in [0, 0.1) is 6.92 Å². The summed E-state index contributed by atoms with van der Waals surface area (Å²) in [6.45, 7) is 1.99. The minimum absolute atomic E-state index is 0.674. The van der Waals surface area contributed by atoms with Crippen molar-refractivity contribution in [2.45, 2.75) is 6.92 Å². The molecule has 0 unspecified atom stereocenters. The van der Waals surface area contributed by atoms with Crippen molar-refractivity contribution in [3.05, 3.63) is 33.8 Å². The predicted molar refractivity (Wildman–Crippen MR) is 59.2 cm³/mol. The molecule has 5 heteroatoms. The van der Waals surface area contributed by atoms with Crippen molar-refractivity contribution < 1.29 is 4.79 Å². The molecule has 4 nitrogen and oxygen atoms in total. The Morgan fingerprint density at radius 2 is 2.36 bits per heavy atom. The van der Waals surface area contributed by atoms with Gasteiger partial charge in [0.25, 0.3) is 0 Å². The van der Waals surface area contributed by atoms with E-state index in [-0.39, 0.29) is 0 Å². The Bertz CT molecular complexity index is 376. The topological polar surface area (TPSA) is 67.5 Å². The Morgan fingerprint density at radius 3 is 2.93 bits per heavy atom. The van der Waals surface area contributed by atoms with Crippen molar-refractivity contribution in [1.29, 1.82) is 0 Å². The molecule has 0 aliphatic rings. The normalized spacial score (nSPS) is 10.4. The molecule has 0 saturated heterocycles. The van der Waals surface area contributed by atoms with Gasteiger partial charge in [0.1, 0.15) is 0 Å². The molecule has 0 aliphatic carbocycles. The number of carbonyl (C=O) groups is 1. The number of carbonyl (C=O) groups excluding carboxylic acids is 1. The average molecular weight is 256 g/mol. The van der Waals surface area contributed by atoms with Crippen LogP contribution in [-0.2, 0) is 0 Å². The summed E-state index contributed by atoms with van der Waals surface area (Å²) in [6.07, 6.45) is 1.52. The number of benzene rings is 1. The van der Waals surface area contributed by atoms with E-state index in [4.69, 9.17) is 5.73 Å². The fraction of sp³-hybridized carbons (Fsp3) is 0.111. The average Bonchev–Trinajstić information content (AvgIpc) is 2.10. The van der Waals surface area contributed by atoms with Gasteiger partial charge in [-0.15, -0.1) is 0 Å². The smallest absolute Gasteiger partial charge is 0.332 e. The summed E-state index contributed by atoms with van der Waals surface area (Å²) in [5, 5.41) is 3.64. The highest BCUT2D eigenvalue weighted by molar-refractivity contribution is 9.10.